The predicted molar refractivity (Wildman–Crippen MR) is 192 cm³/mol. The van der Waals surface area contributed by atoms with Gasteiger partial charge in [0.2, 0.25) is 5.91 Å². The van der Waals surface area contributed by atoms with Gasteiger partial charge in [-0.15, -0.1) is 0 Å². The lowest BCUT2D eigenvalue weighted by molar-refractivity contribution is -0.127. The van der Waals surface area contributed by atoms with Gasteiger partial charge in [0, 0.05) is 48.3 Å². The molecule has 1 amide bonds. The molecule has 5 heterocycles. The first-order valence-corrected chi connectivity index (χ1v) is 19.0. The van der Waals surface area contributed by atoms with Crippen LogP contribution in [0.15, 0.2) is 42.6 Å². The van der Waals surface area contributed by atoms with Crippen molar-refractivity contribution in [1.29, 1.82) is 0 Å². The minimum absolute atomic E-state index is 0.00326. The summed E-state index contributed by atoms with van der Waals surface area (Å²) in [5, 5.41) is 2.62. The van der Waals surface area contributed by atoms with E-state index in [1.807, 2.05) is 61.0 Å². The number of rotatable bonds is 12. The number of aromatic nitrogens is 3. The molecule has 0 radical (unpaired) electrons. The number of ether oxygens (including phenoxy) is 1. The molecule has 4 aromatic rings. The number of pyridine rings is 1. The standard InChI is InChI=1S/C36H43ClFN6O4P/c1-4-47-49(48-5-2)22-29(45)43-19-14-25(21-43)42(3)34-27-20-39-32(26-12-6-10-24-11-7-13-28(37)30(24)26)31(38)33(27)40-35(41-34)46-23-36-15-8-17-44(36)18-9-16-36/h6-7,10-13,20,25H,4-5,8-9,14-19,21-23H2,1-3H3. The van der Waals surface area contributed by atoms with Crippen LogP contribution in [-0.2, 0) is 13.8 Å². The third-order valence-corrected chi connectivity index (χ3v) is 12.2. The van der Waals surface area contributed by atoms with E-state index in [0.717, 1.165) is 56.0 Å². The van der Waals surface area contributed by atoms with E-state index in [1.165, 1.54) is 0 Å². The maximum Gasteiger partial charge on any atom is 0.319 e. The average molecular weight is 709 g/mol. The highest BCUT2D eigenvalue weighted by atomic mass is 35.5. The number of benzene rings is 2. The molecule has 1 unspecified atom stereocenters. The van der Waals surface area contributed by atoms with Crippen LogP contribution in [0.5, 0.6) is 6.01 Å². The number of hydrogen-bond donors (Lipinski definition) is 0. The SMILES string of the molecule is CCOP(CC(=O)N1CCC(N(C)c2nc(OCC34CCCN3CCC4)nc3c(F)c(-c4cccc5cccc(Cl)c45)ncc23)C1)OCC. The molecule has 0 bridgehead atoms. The fraction of sp³-hybridized carbons (Fsp3) is 0.500. The van der Waals surface area contributed by atoms with Crippen molar-refractivity contribution in [3.63, 3.8) is 0 Å². The smallest absolute Gasteiger partial charge is 0.319 e. The van der Waals surface area contributed by atoms with Crippen LogP contribution >= 0.6 is 20.0 Å². The normalized spacial score (nSPS) is 19.0. The Labute approximate surface area is 292 Å². The number of halogens is 2. The number of anilines is 1. The van der Waals surface area contributed by atoms with Crippen LogP contribution < -0.4 is 9.64 Å². The van der Waals surface area contributed by atoms with Crippen molar-refractivity contribution in [2.45, 2.75) is 57.5 Å². The van der Waals surface area contributed by atoms with Gasteiger partial charge in [-0.1, -0.05) is 41.9 Å². The van der Waals surface area contributed by atoms with Gasteiger partial charge in [-0.3, -0.25) is 14.7 Å². The summed E-state index contributed by atoms with van der Waals surface area (Å²) < 4.78 is 34.6. The van der Waals surface area contributed by atoms with E-state index >= 15 is 4.39 Å². The van der Waals surface area contributed by atoms with E-state index < -0.39 is 14.2 Å². The molecule has 3 aliphatic heterocycles. The molecule has 0 spiro atoms. The summed E-state index contributed by atoms with van der Waals surface area (Å²) in [6.07, 6.45) is 7.00. The second kappa shape index (κ2) is 14.6. The molecular formula is C36H43ClFN6O4P. The molecule has 3 fully saturated rings. The largest absolute Gasteiger partial charge is 0.461 e. The maximum absolute atomic E-state index is 16.8. The lowest BCUT2D eigenvalue weighted by Gasteiger charge is -2.31. The van der Waals surface area contributed by atoms with Gasteiger partial charge in [0.25, 0.3) is 0 Å². The summed E-state index contributed by atoms with van der Waals surface area (Å²) in [6, 6.07) is 11.4. The van der Waals surface area contributed by atoms with E-state index in [9.17, 15) is 4.79 Å². The van der Waals surface area contributed by atoms with Crippen molar-refractivity contribution in [2.24, 2.45) is 0 Å². The molecule has 260 valence electrons. The number of amides is 1. The molecule has 3 aliphatic rings. The van der Waals surface area contributed by atoms with Crippen LogP contribution in [-0.4, -0.2) is 101 Å². The first-order valence-electron chi connectivity index (χ1n) is 17.3. The van der Waals surface area contributed by atoms with Gasteiger partial charge in [0.1, 0.15) is 23.6 Å². The van der Waals surface area contributed by atoms with Crippen LogP contribution in [0.2, 0.25) is 5.02 Å². The molecule has 1 atom stereocenters. The summed E-state index contributed by atoms with van der Waals surface area (Å²) in [6.45, 7) is 8.48. The Bertz CT molecular complexity index is 1830. The van der Waals surface area contributed by atoms with Crippen LogP contribution in [0, 0.1) is 5.82 Å². The van der Waals surface area contributed by atoms with E-state index in [1.54, 1.807) is 12.3 Å². The van der Waals surface area contributed by atoms with Crippen molar-refractivity contribution in [3.05, 3.63) is 53.4 Å². The fourth-order valence-electron chi connectivity index (χ4n) is 7.78. The minimum Gasteiger partial charge on any atom is -0.461 e. The van der Waals surface area contributed by atoms with Gasteiger partial charge in [-0.05, 0) is 70.5 Å². The second-order valence-corrected chi connectivity index (χ2v) is 15.0. The highest BCUT2D eigenvalue weighted by Gasteiger charge is 2.45. The molecule has 3 saturated heterocycles. The molecule has 10 nitrogen and oxygen atoms in total. The van der Waals surface area contributed by atoms with Crippen molar-refractivity contribution >= 4 is 53.4 Å². The lowest BCUT2D eigenvalue weighted by atomic mass is 9.95. The third-order valence-electron chi connectivity index (χ3n) is 10.2. The number of likely N-dealkylation sites (N-methyl/N-ethyl adjacent to an activating group) is 1. The van der Waals surface area contributed by atoms with Crippen molar-refractivity contribution < 1.29 is 23.0 Å². The van der Waals surface area contributed by atoms with Crippen LogP contribution in [0.1, 0.15) is 46.0 Å². The van der Waals surface area contributed by atoms with E-state index in [-0.39, 0.29) is 40.9 Å². The van der Waals surface area contributed by atoms with Gasteiger partial charge in [-0.2, -0.15) is 9.97 Å². The number of likely N-dealkylation sites (tertiary alicyclic amines) is 1. The summed E-state index contributed by atoms with van der Waals surface area (Å²) in [4.78, 5) is 33.9. The van der Waals surface area contributed by atoms with Crippen LogP contribution in [0.3, 0.4) is 0 Å². The van der Waals surface area contributed by atoms with Gasteiger partial charge >= 0.3 is 6.01 Å². The number of hydrogen-bond acceptors (Lipinski definition) is 9. The summed E-state index contributed by atoms with van der Waals surface area (Å²) in [5.74, 6) is -0.0356. The van der Waals surface area contributed by atoms with Gasteiger partial charge in [0.15, 0.2) is 14.2 Å². The van der Waals surface area contributed by atoms with Crippen LogP contribution in [0.4, 0.5) is 10.2 Å². The zero-order chi connectivity index (χ0) is 34.1. The fourth-order valence-corrected chi connectivity index (χ4v) is 9.32. The Kier molecular flexibility index (Phi) is 10.2. The molecule has 0 aliphatic carbocycles. The highest BCUT2D eigenvalue weighted by molar-refractivity contribution is 7.48. The van der Waals surface area contributed by atoms with Gasteiger partial charge < -0.3 is 23.6 Å². The van der Waals surface area contributed by atoms with Crippen molar-refractivity contribution in [1.82, 2.24) is 24.8 Å². The van der Waals surface area contributed by atoms with Crippen LogP contribution in [0.25, 0.3) is 32.9 Å². The third kappa shape index (κ3) is 6.68. The molecular weight excluding hydrogens is 666 g/mol. The van der Waals surface area contributed by atoms with E-state index in [2.05, 4.69) is 9.88 Å². The lowest BCUT2D eigenvalue weighted by Crippen LogP contribution is -2.43. The Balaban J connectivity index is 1.23. The van der Waals surface area contributed by atoms with Crippen molar-refractivity contribution in [3.8, 4) is 17.3 Å². The number of fused-ring (bicyclic) bond motifs is 3. The molecule has 0 N–H and O–H groups in total. The first kappa shape index (κ1) is 34.2. The molecule has 2 aromatic carbocycles. The summed E-state index contributed by atoms with van der Waals surface area (Å²) in [7, 11) is 0.659. The molecule has 49 heavy (non-hydrogen) atoms. The molecule has 7 rings (SSSR count). The van der Waals surface area contributed by atoms with Crippen molar-refractivity contribution in [2.75, 3.05) is 64.1 Å². The first-order chi connectivity index (χ1) is 23.8. The predicted octanol–water partition coefficient (Wildman–Crippen LogP) is 7.07. The monoisotopic (exact) mass is 708 g/mol. The van der Waals surface area contributed by atoms with E-state index in [0.29, 0.717) is 54.7 Å². The minimum atomic E-state index is -1.27. The quantitative estimate of drug-likeness (QED) is 0.143. The average Bonchev–Trinajstić information content (AvgIpc) is 3.84. The zero-order valence-electron chi connectivity index (χ0n) is 28.3. The molecule has 2 aromatic heterocycles. The number of carbonyl (C=O) groups excluding carboxylic acids is 1. The summed E-state index contributed by atoms with van der Waals surface area (Å²) >= 11 is 6.64. The Morgan fingerprint density at radius 1 is 1.08 bits per heavy atom. The Morgan fingerprint density at radius 3 is 2.55 bits per heavy atom. The Hall–Kier alpha value is -3.21. The van der Waals surface area contributed by atoms with Gasteiger partial charge in [-0.25, -0.2) is 4.39 Å². The molecule has 13 heteroatoms. The van der Waals surface area contributed by atoms with Gasteiger partial charge in [0.05, 0.1) is 30.3 Å². The zero-order valence-corrected chi connectivity index (χ0v) is 30.0. The topological polar surface area (TPSA) is 93.2 Å². The Morgan fingerprint density at radius 2 is 1.82 bits per heavy atom. The van der Waals surface area contributed by atoms with E-state index in [4.69, 9.17) is 35.4 Å². The highest BCUT2D eigenvalue weighted by Crippen LogP contribution is 2.41. The molecule has 0 saturated carbocycles. The summed E-state index contributed by atoms with van der Waals surface area (Å²) in [5.41, 5.74) is 0.867. The number of nitrogens with zero attached hydrogens (tertiary/aromatic N) is 6. The second-order valence-electron chi connectivity index (χ2n) is 13.1. The number of carbonyl (C=O) groups is 1. The maximum atomic E-state index is 16.8.